The zero-order valence-corrected chi connectivity index (χ0v) is 15.4. The summed E-state index contributed by atoms with van der Waals surface area (Å²) in [4.78, 5) is 1.000. The van der Waals surface area contributed by atoms with E-state index in [2.05, 4.69) is 0 Å². The highest BCUT2D eigenvalue weighted by atomic mass is 32.2. The van der Waals surface area contributed by atoms with Crippen LogP contribution in [0.4, 0.5) is 13.2 Å². The third-order valence-electron chi connectivity index (χ3n) is 3.62. The topological polar surface area (TPSA) is 38.7 Å². The standard InChI is InChI=1S/C19H21F3O3S/c1-3-24-16(12-26-17-8-9-18(23)13(2)10-17)11-25-15-6-4-14(5-7-15)19(20,21)22/h4-10,16,23H,3,11-12H2,1-2H3/t16-/m0/s1. The first-order valence-corrected chi connectivity index (χ1v) is 9.12. The second-order valence-electron chi connectivity index (χ2n) is 5.67. The average Bonchev–Trinajstić information content (AvgIpc) is 2.60. The fourth-order valence-corrected chi connectivity index (χ4v) is 3.21. The average molecular weight is 386 g/mol. The Morgan fingerprint density at radius 3 is 2.38 bits per heavy atom. The van der Waals surface area contributed by atoms with E-state index >= 15 is 0 Å². The van der Waals surface area contributed by atoms with Crippen LogP contribution in [0.3, 0.4) is 0 Å². The van der Waals surface area contributed by atoms with E-state index in [1.807, 2.05) is 26.0 Å². The summed E-state index contributed by atoms with van der Waals surface area (Å²) >= 11 is 1.57. The summed E-state index contributed by atoms with van der Waals surface area (Å²) in [5.41, 5.74) is 0.0911. The molecule has 0 bridgehead atoms. The monoisotopic (exact) mass is 386 g/mol. The number of benzene rings is 2. The Morgan fingerprint density at radius 1 is 1.12 bits per heavy atom. The smallest absolute Gasteiger partial charge is 0.416 e. The predicted octanol–water partition coefficient (Wildman–Crippen LogP) is 5.30. The molecule has 1 N–H and O–H groups in total. The number of hydrogen-bond donors (Lipinski definition) is 1. The lowest BCUT2D eigenvalue weighted by atomic mass is 10.2. The van der Waals surface area contributed by atoms with Gasteiger partial charge in [-0.15, -0.1) is 11.8 Å². The molecule has 0 saturated carbocycles. The molecule has 1 atom stereocenters. The Hall–Kier alpha value is -1.86. The van der Waals surface area contributed by atoms with E-state index < -0.39 is 11.7 Å². The molecule has 0 aliphatic carbocycles. The minimum Gasteiger partial charge on any atom is -0.508 e. The summed E-state index contributed by atoms with van der Waals surface area (Å²) in [7, 11) is 0. The fourth-order valence-electron chi connectivity index (χ4n) is 2.22. The minimum atomic E-state index is -4.36. The van der Waals surface area contributed by atoms with Gasteiger partial charge in [0, 0.05) is 17.3 Å². The molecule has 0 aromatic heterocycles. The van der Waals surface area contributed by atoms with Crippen LogP contribution in [0.5, 0.6) is 11.5 Å². The van der Waals surface area contributed by atoms with Gasteiger partial charge < -0.3 is 14.6 Å². The lowest BCUT2D eigenvalue weighted by Crippen LogP contribution is -2.24. The maximum Gasteiger partial charge on any atom is 0.416 e. The molecule has 26 heavy (non-hydrogen) atoms. The molecule has 3 nitrogen and oxygen atoms in total. The minimum absolute atomic E-state index is 0.207. The van der Waals surface area contributed by atoms with Crippen LogP contribution >= 0.6 is 11.8 Å². The highest BCUT2D eigenvalue weighted by molar-refractivity contribution is 7.99. The molecule has 0 unspecified atom stereocenters. The maximum atomic E-state index is 12.6. The van der Waals surface area contributed by atoms with Gasteiger partial charge in [-0.2, -0.15) is 13.2 Å². The maximum absolute atomic E-state index is 12.6. The quantitative estimate of drug-likeness (QED) is 0.625. The molecule has 0 spiro atoms. The largest absolute Gasteiger partial charge is 0.508 e. The van der Waals surface area contributed by atoms with E-state index in [0.717, 1.165) is 22.6 Å². The third-order valence-corrected chi connectivity index (χ3v) is 4.75. The molecule has 0 radical (unpaired) electrons. The summed E-state index contributed by atoms with van der Waals surface area (Å²) in [6.07, 6.45) is -4.56. The number of aromatic hydroxyl groups is 1. The first-order valence-electron chi connectivity index (χ1n) is 8.13. The van der Waals surface area contributed by atoms with E-state index in [0.29, 0.717) is 18.1 Å². The zero-order valence-electron chi connectivity index (χ0n) is 14.5. The van der Waals surface area contributed by atoms with Crippen LogP contribution in [0.2, 0.25) is 0 Å². The Balaban J connectivity index is 1.90. The number of thioether (sulfide) groups is 1. The van der Waals surface area contributed by atoms with Gasteiger partial charge in [-0.3, -0.25) is 0 Å². The van der Waals surface area contributed by atoms with Crippen LogP contribution in [0.15, 0.2) is 47.4 Å². The van der Waals surface area contributed by atoms with Crippen molar-refractivity contribution in [3.63, 3.8) is 0 Å². The number of ether oxygens (including phenoxy) is 2. The molecule has 2 aromatic rings. The van der Waals surface area contributed by atoms with Gasteiger partial charge in [0.25, 0.3) is 0 Å². The van der Waals surface area contributed by atoms with Gasteiger partial charge in [0.15, 0.2) is 0 Å². The molecule has 2 rings (SSSR count). The Labute approximate surface area is 155 Å². The van der Waals surface area contributed by atoms with Crippen molar-refractivity contribution in [2.75, 3.05) is 19.0 Å². The summed E-state index contributed by atoms with van der Waals surface area (Å²) in [6, 6.07) is 9.97. The Bertz CT molecular complexity index is 702. The normalized spacial score (nSPS) is 12.8. The molecule has 0 heterocycles. The lowest BCUT2D eigenvalue weighted by molar-refractivity contribution is -0.137. The van der Waals surface area contributed by atoms with Gasteiger partial charge in [-0.05, 0) is 61.9 Å². The highest BCUT2D eigenvalue weighted by Gasteiger charge is 2.30. The number of phenolic OH excluding ortho intramolecular Hbond substituents is 1. The molecule has 7 heteroatoms. The number of rotatable bonds is 8. The van der Waals surface area contributed by atoms with Crippen LogP contribution in [-0.4, -0.2) is 30.2 Å². The van der Waals surface area contributed by atoms with Crippen LogP contribution in [0, 0.1) is 6.92 Å². The van der Waals surface area contributed by atoms with Crippen molar-refractivity contribution in [1.82, 2.24) is 0 Å². The second kappa shape index (κ2) is 9.19. The molecule has 0 aliphatic heterocycles. The van der Waals surface area contributed by atoms with Crippen molar-refractivity contribution in [2.45, 2.75) is 31.0 Å². The highest BCUT2D eigenvalue weighted by Crippen LogP contribution is 2.30. The van der Waals surface area contributed by atoms with Gasteiger partial charge in [0.1, 0.15) is 24.2 Å². The zero-order chi connectivity index (χ0) is 19.2. The Kier molecular flexibility index (Phi) is 7.23. The second-order valence-corrected chi connectivity index (χ2v) is 6.76. The van der Waals surface area contributed by atoms with Gasteiger partial charge in [-0.1, -0.05) is 0 Å². The van der Waals surface area contributed by atoms with Gasteiger partial charge >= 0.3 is 6.18 Å². The first-order chi connectivity index (χ1) is 12.3. The van der Waals surface area contributed by atoms with Gasteiger partial charge in [0.05, 0.1) is 5.56 Å². The van der Waals surface area contributed by atoms with Crippen LogP contribution in [0.25, 0.3) is 0 Å². The third kappa shape index (κ3) is 6.14. The SMILES string of the molecule is CCO[C@@H](COc1ccc(C(F)(F)F)cc1)CSc1ccc(O)c(C)c1. The molecular weight excluding hydrogens is 365 g/mol. The predicted molar refractivity (Wildman–Crippen MR) is 95.9 cm³/mol. The molecule has 0 aliphatic rings. The molecule has 0 amide bonds. The van der Waals surface area contributed by atoms with Gasteiger partial charge in [-0.25, -0.2) is 0 Å². The van der Waals surface area contributed by atoms with E-state index in [-0.39, 0.29) is 18.5 Å². The van der Waals surface area contributed by atoms with Crippen molar-refractivity contribution in [2.24, 2.45) is 0 Å². The summed E-state index contributed by atoms with van der Waals surface area (Å²) < 4.78 is 48.9. The summed E-state index contributed by atoms with van der Waals surface area (Å²) in [5, 5.41) is 9.56. The van der Waals surface area contributed by atoms with E-state index in [1.54, 1.807) is 17.8 Å². The van der Waals surface area contributed by atoms with E-state index in [9.17, 15) is 18.3 Å². The number of alkyl halides is 3. The number of halogens is 3. The van der Waals surface area contributed by atoms with Crippen LogP contribution in [-0.2, 0) is 10.9 Å². The molecule has 0 saturated heterocycles. The van der Waals surface area contributed by atoms with Crippen LogP contribution < -0.4 is 4.74 Å². The van der Waals surface area contributed by atoms with Crippen molar-refractivity contribution in [3.8, 4) is 11.5 Å². The molecule has 2 aromatic carbocycles. The first kappa shape index (κ1) is 20.5. The number of phenols is 1. The molecular formula is C19H21F3O3S. The van der Waals surface area contributed by atoms with E-state index in [4.69, 9.17) is 9.47 Å². The van der Waals surface area contributed by atoms with Crippen molar-refractivity contribution < 1.29 is 27.8 Å². The van der Waals surface area contributed by atoms with Crippen molar-refractivity contribution in [1.29, 1.82) is 0 Å². The molecule has 142 valence electrons. The van der Waals surface area contributed by atoms with Crippen molar-refractivity contribution >= 4 is 11.8 Å². The fraction of sp³-hybridized carbons (Fsp3) is 0.368. The number of aryl methyl sites for hydroxylation is 1. The van der Waals surface area contributed by atoms with Gasteiger partial charge in [0.2, 0.25) is 0 Å². The lowest BCUT2D eigenvalue weighted by Gasteiger charge is -2.18. The number of hydrogen-bond acceptors (Lipinski definition) is 4. The Morgan fingerprint density at radius 2 is 1.81 bits per heavy atom. The van der Waals surface area contributed by atoms with Crippen molar-refractivity contribution in [3.05, 3.63) is 53.6 Å². The van der Waals surface area contributed by atoms with E-state index in [1.165, 1.54) is 12.1 Å². The summed E-state index contributed by atoms with van der Waals surface area (Å²) in [6.45, 7) is 4.45. The summed E-state index contributed by atoms with van der Waals surface area (Å²) in [5.74, 6) is 1.24. The molecule has 0 fully saturated rings. The van der Waals surface area contributed by atoms with Crippen LogP contribution in [0.1, 0.15) is 18.1 Å².